The van der Waals surface area contributed by atoms with Gasteiger partial charge in [0, 0.05) is 12.8 Å². The van der Waals surface area contributed by atoms with Gasteiger partial charge in [-0.15, -0.1) is 6.42 Å². The van der Waals surface area contributed by atoms with Gasteiger partial charge >= 0.3 is 5.97 Å². The summed E-state index contributed by atoms with van der Waals surface area (Å²) in [6, 6.07) is 0. The number of carbonyl (C=O) groups is 2. The first-order chi connectivity index (χ1) is 18.7. The first-order valence-corrected chi connectivity index (χ1v) is 16.6. The van der Waals surface area contributed by atoms with Crippen molar-refractivity contribution >= 4 is 11.9 Å². The maximum absolute atomic E-state index is 11.8. The number of carbonyl (C=O) groups excluding carboxylic acids is 1. The van der Waals surface area contributed by atoms with Crippen LogP contribution in [0.3, 0.4) is 0 Å². The maximum Gasteiger partial charge on any atom is 0.303 e. The molecular weight excluding hydrogens is 482 g/mol. The van der Waals surface area contributed by atoms with Crippen LogP contribution in [-0.4, -0.2) is 23.5 Å². The molecule has 3 aliphatic rings. The van der Waals surface area contributed by atoms with Crippen LogP contribution < -0.4 is 5.32 Å². The van der Waals surface area contributed by atoms with Crippen LogP contribution in [0.1, 0.15) is 152 Å². The molecule has 228 valence electrons. The summed E-state index contributed by atoms with van der Waals surface area (Å²) in [5, 5.41) is 10.7. The molecule has 0 radical (unpaired) electrons. The lowest BCUT2D eigenvalue weighted by atomic mass is 9.49. The minimum atomic E-state index is -0.711. The third-order valence-corrected chi connectivity index (χ3v) is 9.77. The predicted molar refractivity (Wildman–Crippen MR) is 167 cm³/mol. The van der Waals surface area contributed by atoms with E-state index < -0.39 is 5.97 Å². The summed E-state index contributed by atoms with van der Waals surface area (Å²) in [5.74, 6) is 7.34. The summed E-state index contributed by atoms with van der Waals surface area (Å²) < 4.78 is 0. The van der Waals surface area contributed by atoms with E-state index in [1.165, 1.54) is 70.6 Å². The van der Waals surface area contributed by atoms with Crippen LogP contribution in [0.5, 0.6) is 0 Å². The van der Waals surface area contributed by atoms with E-state index in [-0.39, 0.29) is 5.91 Å². The molecule has 3 fully saturated rings. The summed E-state index contributed by atoms with van der Waals surface area (Å²) >= 11 is 0. The molecule has 3 rings (SSSR count). The van der Waals surface area contributed by atoms with Crippen molar-refractivity contribution in [3.8, 4) is 12.3 Å². The molecule has 0 aliphatic heterocycles. The number of hydrogen-bond acceptors (Lipinski definition) is 2. The van der Waals surface area contributed by atoms with Gasteiger partial charge in [0.1, 0.15) is 0 Å². The third-order valence-electron chi connectivity index (χ3n) is 9.77. The topological polar surface area (TPSA) is 66.4 Å². The zero-order chi connectivity index (χ0) is 29.8. The highest BCUT2D eigenvalue weighted by Crippen LogP contribution is 2.60. The van der Waals surface area contributed by atoms with Gasteiger partial charge in [-0.25, -0.2) is 0 Å². The number of aliphatic carboxylic acids is 1. The van der Waals surface area contributed by atoms with E-state index >= 15 is 0 Å². The highest BCUT2D eigenvalue weighted by atomic mass is 16.4. The highest BCUT2D eigenvalue weighted by Gasteiger charge is 2.51. The van der Waals surface area contributed by atoms with Gasteiger partial charge in [0.2, 0.25) is 5.91 Å². The number of fused-ring (bicyclic) bond motifs is 1. The minimum absolute atomic E-state index is 0.120. The van der Waals surface area contributed by atoms with Crippen molar-refractivity contribution in [2.24, 2.45) is 40.9 Å². The van der Waals surface area contributed by atoms with Crippen LogP contribution in [0.15, 0.2) is 0 Å². The second-order valence-electron chi connectivity index (χ2n) is 12.3. The molecule has 0 aromatic heterocycles. The zero-order valence-electron chi connectivity index (χ0n) is 27.1. The van der Waals surface area contributed by atoms with Crippen LogP contribution in [0, 0.1) is 53.3 Å². The fraction of sp³-hybridized carbons (Fsp3) is 0.886. The molecule has 0 aromatic rings. The Kier molecular flexibility index (Phi) is 20.5. The average molecular weight is 548 g/mol. The Morgan fingerprint density at radius 1 is 0.974 bits per heavy atom. The maximum atomic E-state index is 11.8. The van der Waals surface area contributed by atoms with Crippen LogP contribution in [0.25, 0.3) is 0 Å². The molecule has 2 N–H and O–H groups in total. The largest absolute Gasteiger partial charge is 0.481 e. The van der Waals surface area contributed by atoms with E-state index in [0.29, 0.717) is 24.8 Å². The van der Waals surface area contributed by atoms with E-state index in [0.717, 1.165) is 48.3 Å². The van der Waals surface area contributed by atoms with Crippen molar-refractivity contribution < 1.29 is 14.7 Å². The molecule has 7 atom stereocenters. The number of rotatable bonds is 9. The second-order valence-corrected chi connectivity index (χ2v) is 12.3. The normalized spacial score (nSPS) is 30.9. The number of carboxylic acid groups (broad SMARTS) is 1. The molecule has 3 saturated carbocycles. The first kappa shape index (κ1) is 37.5. The highest BCUT2D eigenvalue weighted by molar-refractivity contribution is 5.76. The molecule has 4 heteroatoms. The molecule has 39 heavy (non-hydrogen) atoms. The monoisotopic (exact) mass is 547 g/mol. The molecule has 0 saturated heterocycles. The van der Waals surface area contributed by atoms with Crippen molar-refractivity contribution in [2.75, 3.05) is 6.54 Å². The Hall–Kier alpha value is -1.50. The number of hydrogen-bond donors (Lipinski definition) is 2. The quantitative estimate of drug-likeness (QED) is 0.282. The number of nitrogens with one attached hydrogen (secondary N) is 1. The first-order valence-electron chi connectivity index (χ1n) is 16.6. The molecule has 4 unspecified atom stereocenters. The third kappa shape index (κ3) is 12.3. The minimum Gasteiger partial charge on any atom is -0.481 e. The lowest BCUT2D eigenvalue weighted by molar-refractivity contribution is -0.137. The van der Waals surface area contributed by atoms with E-state index in [9.17, 15) is 9.59 Å². The molecule has 0 spiro atoms. The van der Waals surface area contributed by atoms with Gasteiger partial charge in [0.05, 0.1) is 6.54 Å². The summed E-state index contributed by atoms with van der Waals surface area (Å²) in [7, 11) is 0. The van der Waals surface area contributed by atoms with Crippen LogP contribution in [0.2, 0.25) is 0 Å². The molecule has 0 bridgehead atoms. The SMILES string of the molecule is C#CCNC(=O)CCC[C@H]1CCC(C2CCC3CCCC[C@]3(C)C2CC)[C@H]1C.CC.CCC.CCCC(=O)O. The second kappa shape index (κ2) is 21.3. The molecule has 1 amide bonds. The zero-order valence-corrected chi connectivity index (χ0v) is 27.1. The fourth-order valence-electron chi connectivity index (χ4n) is 8.03. The standard InChI is InChI=1S/C26H43NO.C4H8O2.C3H8.C2H6/c1-5-18-27-25(28)12-9-10-20-13-15-22(19(20)3)23-16-14-21-11-7-8-17-26(21,4)24(23)6-2;1-2-3-4(5)6;1-3-2;1-2/h1,19-24H,6-18H2,2-4H3,(H,27,28);2-3H2,1H3,(H,5,6);3H2,1-2H3;1-2H3/t19-,20-,21?,22?,23?,24?,26-;;;/m0.../s1. The van der Waals surface area contributed by atoms with Crippen molar-refractivity contribution in [3.63, 3.8) is 0 Å². The van der Waals surface area contributed by atoms with Gasteiger partial charge in [-0.3, -0.25) is 9.59 Å². The van der Waals surface area contributed by atoms with Gasteiger partial charge in [0.15, 0.2) is 0 Å². The summed E-state index contributed by atoms with van der Waals surface area (Å²) in [6.45, 7) is 18.1. The Morgan fingerprint density at radius 3 is 2.15 bits per heavy atom. The summed E-state index contributed by atoms with van der Waals surface area (Å²) in [5.41, 5.74) is 0.614. The van der Waals surface area contributed by atoms with E-state index in [4.69, 9.17) is 11.5 Å². The average Bonchev–Trinajstić information content (AvgIpc) is 3.28. The Labute approximate surface area is 243 Å². The van der Waals surface area contributed by atoms with E-state index in [1.54, 1.807) is 0 Å². The molecule has 3 aliphatic carbocycles. The van der Waals surface area contributed by atoms with Gasteiger partial charge in [-0.2, -0.15) is 0 Å². The number of carboxylic acids is 1. The van der Waals surface area contributed by atoms with Crippen LogP contribution in [-0.2, 0) is 9.59 Å². The van der Waals surface area contributed by atoms with Crippen LogP contribution >= 0.6 is 0 Å². The van der Waals surface area contributed by atoms with Crippen molar-refractivity contribution in [2.45, 2.75) is 152 Å². The van der Waals surface area contributed by atoms with Gasteiger partial charge in [-0.05, 0) is 98.7 Å². The molecule has 0 aromatic carbocycles. The van der Waals surface area contributed by atoms with Crippen LogP contribution in [0.4, 0.5) is 0 Å². The van der Waals surface area contributed by atoms with Gasteiger partial charge in [-0.1, -0.05) is 87.0 Å². The van der Waals surface area contributed by atoms with Gasteiger partial charge in [0.25, 0.3) is 0 Å². The van der Waals surface area contributed by atoms with E-state index in [1.807, 2.05) is 20.8 Å². The Bertz CT molecular complexity index is 698. The lowest BCUT2D eigenvalue weighted by Gasteiger charge is -2.55. The van der Waals surface area contributed by atoms with Crippen molar-refractivity contribution in [3.05, 3.63) is 0 Å². The fourth-order valence-corrected chi connectivity index (χ4v) is 8.03. The molecule has 0 heterocycles. The lowest BCUT2D eigenvalue weighted by Crippen LogP contribution is -2.47. The smallest absolute Gasteiger partial charge is 0.303 e. The predicted octanol–water partition coefficient (Wildman–Crippen LogP) is 9.51. The Balaban J connectivity index is 0.00000113. The summed E-state index contributed by atoms with van der Waals surface area (Å²) in [6.07, 6.45) is 23.4. The van der Waals surface area contributed by atoms with E-state index in [2.05, 4.69) is 45.9 Å². The number of terminal acetylenes is 1. The van der Waals surface area contributed by atoms with Crippen molar-refractivity contribution in [1.82, 2.24) is 5.32 Å². The van der Waals surface area contributed by atoms with Gasteiger partial charge < -0.3 is 10.4 Å². The van der Waals surface area contributed by atoms with Crippen molar-refractivity contribution in [1.29, 1.82) is 0 Å². The Morgan fingerprint density at radius 2 is 1.62 bits per heavy atom. The number of amides is 1. The summed E-state index contributed by atoms with van der Waals surface area (Å²) in [4.78, 5) is 21.4. The molecular formula is C35H65NO3. The molecule has 4 nitrogen and oxygen atoms in total.